The van der Waals surface area contributed by atoms with Crippen LogP contribution in [0.3, 0.4) is 0 Å². The number of urea groups is 1. The lowest BCUT2D eigenvalue weighted by atomic mass is 10.0. The summed E-state index contributed by atoms with van der Waals surface area (Å²) in [5.74, 6) is 0.946. The number of pyridine rings is 1. The lowest BCUT2D eigenvalue weighted by molar-refractivity contribution is 0.232. The third-order valence-corrected chi connectivity index (χ3v) is 3.19. The Bertz CT molecular complexity index is 495. The van der Waals surface area contributed by atoms with Gasteiger partial charge in [0, 0.05) is 25.3 Å². The van der Waals surface area contributed by atoms with Crippen molar-refractivity contribution in [1.82, 2.24) is 15.6 Å². The second-order valence-corrected chi connectivity index (χ2v) is 5.10. The Morgan fingerprint density at radius 3 is 2.81 bits per heavy atom. The van der Waals surface area contributed by atoms with Crippen LogP contribution in [-0.4, -0.2) is 30.1 Å². The third kappa shape index (κ3) is 5.69. The highest BCUT2D eigenvalue weighted by molar-refractivity contribution is 5.74. The molecule has 1 atom stereocenters. The number of hydrogen-bond acceptors (Lipinski definition) is 4. The molecule has 0 radical (unpaired) electrons. The molecule has 0 saturated heterocycles. The molecule has 0 spiro atoms. The van der Waals surface area contributed by atoms with Gasteiger partial charge in [0.15, 0.2) is 0 Å². The molecule has 21 heavy (non-hydrogen) atoms. The Morgan fingerprint density at radius 2 is 2.19 bits per heavy atom. The Hall–Kier alpha value is -2.29. The van der Waals surface area contributed by atoms with Crippen LogP contribution in [0.4, 0.5) is 10.6 Å². The highest BCUT2D eigenvalue weighted by Crippen LogP contribution is 2.08. The van der Waals surface area contributed by atoms with Gasteiger partial charge in [-0.3, -0.25) is 0 Å². The fraction of sp³-hybridized carbons (Fsp3) is 0.533. The molecule has 6 nitrogen and oxygen atoms in total. The summed E-state index contributed by atoms with van der Waals surface area (Å²) in [6.45, 7) is 7.19. The summed E-state index contributed by atoms with van der Waals surface area (Å²) < 4.78 is 0. The first kappa shape index (κ1) is 16.8. The number of aromatic nitrogens is 1. The van der Waals surface area contributed by atoms with Gasteiger partial charge in [0.1, 0.15) is 11.9 Å². The molecule has 0 bridgehead atoms. The van der Waals surface area contributed by atoms with E-state index in [2.05, 4.69) is 47.8 Å². The standard InChI is InChI=1S/C15H23N5O/c1-4-13(11(2)3)20-15(21)19-9-8-18-14-12(10-16)6-5-7-17-14/h5-7,11,13H,4,8-9H2,1-3H3,(H,17,18)(H2,19,20,21)/t13-/m1/s1. The van der Waals surface area contributed by atoms with Gasteiger partial charge < -0.3 is 16.0 Å². The zero-order chi connectivity index (χ0) is 15.7. The van der Waals surface area contributed by atoms with Crippen molar-refractivity contribution >= 4 is 11.8 Å². The minimum Gasteiger partial charge on any atom is -0.367 e. The van der Waals surface area contributed by atoms with Crippen molar-refractivity contribution in [2.75, 3.05) is 18.4 Å². The van der Waals surface area contributed by atoms with Crippen molar-refractivity contribution in [2.24, 2.45) is 5.92 Å². The number of anilines is 1. The Balaban J connectivity index is 2.31. The van der Waals surface area contributed by atoms with E-state index in [0.29, 0.717) is 30.4 Å². The number of nitrogens with one attached hydrogen (secondary N) is 3. The number of rotatable bonds is 7. The molecule has 6 heteroatoms. The van der Waals surface area contributed by atoms with Gasteiger partial charge in [-0.05, 0) is 24.5 Å². The van der Waals surface area contributed by atoms with Crippen LogP contribution in [0.2, 0.25) is 0 Å². The first-order valence-electron chi connectivity index (χ1n) is 7.21. The Morgan fingerprint density at radius 1 is 1.43 bits per heavy atom. The van der Waals surface area contributed by atoms with Crippen LogP contribution in [0.5, 0.6) is 0 Å². The maximum atomic E-state index is 11.7. The zero-order valence-electron chi connectivity index (χ0n) is 12.8. The minimum atomic E-state index is -0.168. The topological polar surface area (TPSA) is 89.8 Å². The molecule has 3 N–H and O–H groups in total. The fourth-order valence-corrected chi connectivity index (χ4v) is 1.95. The van der Waals surface area contributed by atoms with Crippen molar-refractivity contribution in [1.29, 1.82) is 5.26 Å². The molecular weight excluding hydrogens is 266 g/mol. The lowest BCUT2D eigenvalue weighted by Crippen LogP contribution is -2.45. The molecule has 0 fully saturated rings. The van der Waals surface area contributed by atoms with Gasteiger partial charge in [-0.2, -0.15) is 5.26 Å². The quantitative estimate of drug-likeness (QED) is 0.670. The van der Waals surface area contributed by atoms with E-state index in [9.17, 15) is 4.79 Å². The molecule has 1 aromatic heterocycles. The molecule has 0 aromatic carbocycles. The predicted molar refractivity (Wildman–Crippen MR) is 82.9 cm³/mol. The monoisotopic (exact) mass is 289 g/mol. The molecule has 114 valence electrons. The molecule has 0 aliphatic heterocycles. The van der Waals surface area contributed by atoms with E-state index in [-0.39, 0.29) is 12.1 Å². The van der Waals surface area contributed by atoms with Crippen molar-refractivity contribution in [2.45, 2.75) is 33.2 Å². The molecule has 0 saturated carbocycles. The first-order chi connectivity index (χ1) is 10.1. The van der Waals surface area contributed by atoms with E-state index in [4.69, 9.17) is 5.26 Å². The molecule has 1 aromatic rings. The van der Waals surface area contributed by atoms with Crippen LogP contribution in [0.1, 0.15) is 32.8 Å². The lowest BCUT2D eigenvalue weighted by Gasteiger charge is -2.21. The van der Waals surface area contributed by atoms with Crippen LogP contribution in [0.25, 0.3) is 0 Å². The highest BCUT2D eigenvalue weighted by Gasteiger charge is 2.13. The molecule has 0 aliphatic rings. The van der Waals surface area contributed by atoms with E-state index >= 15 is 0 Å². The fourth-order valence-electron chi connectivity index (χ4n) is 1.95. The predicted octanol–water partition coefficient (Wildman–Crippen LogP) is 2.10. The van der Waals surface area contributed by atoms with Gasteiger partial charge in [-0.15, -0.1) is 0 Å². The molecular formula is C15H23N5O. The minimum absolute atomic E-state index is 0.168. The number of carbonyl (C=O) groups is 1. The van der Waals surface area contributed by atoms with Crippen LogP contribution < -0.4 is 16.0 Å². The maximum absolute atomic E-state index is 11.7. The zero-order valence-corrected chi connectivity index (χ0v) is 12.8. The van der Waals surface area contributed by atoms with Crippen LogP contribution in [0, 0.1) is 17.2 Å². The summed E-state index contributed by atoms with van der Waals surface area (Å²) in [7, 11) is 0. The summed E-state index contributed by atoms with van der Waals surface area (Å²) in [5, 5.41) is 17.7. The maximum Gasteiger partial charge on any atom is 0.315 e. The Kier molecular flexibility index (Phi) is 7.02. The van der Waals surface area contributed by atoms with E-state index in [1.165, 1.54) is 0 Å². The number of nitrogens with zero attached hydrogens (tertiary/aromatic N) is 2. The average Bonchev–Trinajstić information content (AvgIpc) is 2.49. The van der Waals surface area contributed by atoms with Gasteiger partial charge in [-0.25, -0.2) is 9.78 Å². The van der Waals surface area contributed by atoms with Gasteiger partial charge in [0.2, 0.25) is 0 Å². The van der Waals surface area contributed by atoms with Crippen molar-refractivity contribution in [3.63, 3.8) is 0 Å². The van der Waals surface area contributed by atoms with Crippen molar-refractivity contribution in [3.05, 3.63) is 23.9 Å². The number of amides is 2. The summed E-state index contributed by atoms with van der Waals surface area (Å²) in [5.41, 5.74) is 0.493. The van der Waals surface area contributed by atoms with Gasteiger partial charge >= 0.3 is 6.03 Å². The number of carbonyl (C=O) groups excluding carboxylic acids is 1. The summed E-state index contributed by atoms with van der Waals surface area (Å²) in [6, 6.07) is 5.49. The second kappa shape index (κ2) is 8.80. The molecule has 1 rings (SSSR count). The van der Waals surface area contributed by atoms with E-state index in [1.807, 2.05) is 0 Å². The number of nitriles is 1. The highest BCUT2D eigenvalue weighted by atomic mass is 16.2. The molecule has 0 aliphatic carbocycles. The molecule has 2 amide bonds. The van der Waals surface area contributed by atoms with Gasteiger partial charge in [0.25, 0.3) is 0 Å². The van der Waals surface area contributed by atoms with E-state index < -0.39 is 0 Å². The first-order valence-corrected chi connectivity index (χ1v) is 7.21. The van der Waals surface area contributed by atoms with E-state index in [1.54, 1.807) is 18.3 Å². The van der Waals surface area contributed by atoms with Crippen LogP contribution in [0.15, 0.2) is 18.3 Å². The Labute approximate surface area is 126 Å². The second-order valence-electron chi connectivity index (χ2n) is 5.10. The van der Waals surface area contributed by atoms with Gasteiger partial charge in [0.05, 0.1) is 5.56 Å². The summed E-state index contributed by atoms with van der Waals surface area (Å²) in [6.07, 6.45) is 2.53. The van der Waals surface area contributed by atoms with Gasteiger partial charge in [-0.1, -0.05) is 20.8 Å². The molecule has 1 heterocycles. The summed E-state index contributed by atoms with van der Waals surface area (Å²) in [4.78, 5) is 15.8. The van der Waals surface area contributed by atoms with Crippen molar-refractivity contribution in [3.8, 4) is 6.07 Å². The smallest absolute Gasteiger partial charge is 0.315 e. The van der Waals surface area contributed by atoms with Crippen LogP contribution >= 0.6 is 0 Å². The molecule has 0 unspecified atom stereocenters. The van der Waals surface area contributed by atoms with E-state index in [0.717, 1.165) is 6.42 Å². The van der Waals surface area contributed by atoms with Crippen LogP contribution in [-0.2, 0) is 0 Å². The van der Waals surface area contributed by atoms with Crippen molar-refractivity contribution < 1.29 is 4.79 Å². The largest absolute Gasteiger partial charge is 0.367 e. The average molecular weight is 289 g/mol. The third-order valence-electron chi connectivity index (χ3n) is 3.19. The number of hydrogen-bond donors (Lipinski definition) is 3. The SMILES string of the molecule is CC[C@@H](NC(=O)NCCNc1ncccc1C#N)C(C)C. The summed E-state index contributed by atoms with van der Waals surface area (Å²) >= 11 is 0. The normalized spacial score (nSPS) is 11.6.